The Morgan fingerprint density at radius 1 is 1.21 bits per heavy atom. The average molecular weight is 395 g/mol. The number of aryl methyl sites for hydroxylation is 2. The highest BCUT2D eigenvalue weighted by Crippen LogP contribution is 2.45. The number of H-pyrrole nitrogens is 1. The normalized spacial score (nSPS) is 16.0. The SMILES string of the molecule is Cc1c(C2CCNCC2)sc2[nH]c(-c3cc(C)c4nnnn4c3)c(C(C)C)c12. The Morgan fingerprint density at radius 2 is 2.00 bits per heavy atom. The number of rotatable bonds is 3. The Hall–Kier alpha value is -2.25. The molecule has 0 amide bonds. The number of thiophene rings is 1. The number of hydrogen-bond donors (Lipinski definition) is 2. The maximum absolute atomic E-state index is 4.11. The van der Waals surface area contributed by atoms with E-state index in [0.29, 0.717) is 11.8 Å². The first-order valence-corrected chi connectivity index (χ1v) is 10.9. The van der Waals surface area contributed by atoms with Crippen molar-refractivity contribution in [3.05, 3.63) is 33.8 Å². The molecule has 5 heterocycles. The van der Waals surface area contributed by atoms with Crippen molar-refractivity contribution in [2.24, 2.45) is 0 Å². The fourth-order valence-electron chi connectivity index (χ4n) is 4.67. The third-order valence-corrected chi connectivity index (χ3v) is 7.39. The molecule has 1 aliphatic heterocycles. The molecule has 0 bridgehead atoms. The van der Waals surface area contributed by atoms with Gasteiger partial charge in [-0.25, -0.2) is 0 Å². The van der Waals surface area contributed by atoms with Gasteiger partial charge in [-0.05, 0) is 84.8 Å². The number of aromatic amines is 1. The molecule has 1 aliphatic rings. The minimum absolute atomic E-state index is 0.433. The first-order valence-electron chi connectivity index (χ1n) is 10.1. The summed E-state index contributed by atoms with van der Waals surface area (Å²) in [7, 11) is 0. The van der Waals surface area contributed by atoms with Crippen LogP contribution in [-0.2, 0) is 0 Å². The van der Waals surface area contributed by atoms with Gasteiger partial charge in [0, 0.05) is 22.0 Å². The van der Waals surface area contributed by atoms with Gasteiger partial charge in [0.2, 0.25) is 0 Å². The van der Waals surface area contributed by atoms with E-state index in [4.69, 9.17) is 0 Å². The van der Waals surface area contributed by atoms with Crippen LogP contribution in [0.25, 0.3) is 27.1 Å². The van der Waals surface area contributed by atoms with Crippen molar-refractivity contribution in [2.75, 3.05) is 13.1 Å². The second kappa shape index (κ2) is 6.67. The zero-order valence-corrected chi connectivity index (χ0v) is 17.7. The van der Waals surface area contributed by atoms with Crippen LogP contribution in [0.5, 0.6) is 0 Å². The van der Waals surface area contributed by atoms with E-state index in [1.165, 1.54) is 39.9 Å². The molecule has 1 saturated heterocycles. The fraction of sp³-hybridized carbons (Fsp3) is 0.476. The molecular formula is C21H26N6S. The second-order valence-electron chi connectivity index (χ2n) is 8.25. The van der Waals surface area contributed by atoms with Gasteiger partial charge >= 0.3 is 0 Å². The quantitative estimate of drug-likeness (QED) is 0.535. The molecule has 0 aromatic carbocycles. The number of aromatic nitrogens is 5. The van der Waals surface area contributed by atoms with Gasteiger partial charge in [-0.2, -0.15) is 4.52 Å². The lowest BCUT2D eigenvalue weighted by Gasteiger charge is -2.22. The maximum atomic E-state index is 4.11. The summed E-state index contributed by atoms with van der Waals surface area (Å²) in [5.74, 6) is 1.12. The molecule has 5 rings (SSSR count). The van der Waals surface area contributed by atoms with Gasteiger partial charge in [0.1, 0.15) is 4.83 Å². The first kappa shape index (κ1) is 17.8. The molecule has 0 spiro atoms. The van der Waals surface area contributed by atoms with Gasteiger partial charge in [-0.3, -0.25) is 0 Å². The van der Waals surface area contributed by atoms with Crippen LogP contribution >= 0.6 is 11.3 Å². The van der Waals surface area contributed by atoms with Crippen LogP contribution in [0.4, 0.5) is 0 Å². The summed E-state index contributed by atoms with van der Waals surface area (Å²) in [5, 5.41) is 17.0. The third kappa shape index (κ3) is 2.68. The van der Waals surface area contributed by atoms with Crippen molar-refractivity contribution in [2.45, 2.75) is 52.4 Å². The fourth-order valence-corrected chi connectivity index (χ4v) is 6.07. The van der Waals surface area contributed by atoms with Crippen molar-refractivity contribution in [3.8, 4) is 11.3 Å². The predicted molar refractivity (Wildman–Crippen MR) is 114 cm³/mol. The molecule has 1 fully saturated rings. The monoisotopic (exact) mass is 394 g/mol. The summed E-state index contributed by atoms with van der Waals surface area (Å²) in [6, 6.07) is 2.19. The van der Waals surface area contributed by atoms with Crippen LogP contribution in [0.3, 0.4) is 0 Å². The number of nitrogens with one attached hydrogen (secondary N) is 2. The molecule has 2 N–H and O–H groups in total. The van der Waals surface area contributed by atoms with Crippen molar-refractivity contribution >= 4 is 27.2 Å². The highest BCUT2D eigenvalue weighted by Gasteiger charge is 2.26. The minimum atomic E-state index is 0.433. The van der Waals surface area contributed by atoms with Gasteiger partial charge in [0.25, 0.3) is 0 Å². The molecular weight excluding hydrogens is 368 g/mol. The molecule has 0 radical (unpaired) electrons. The van der Waals surface area contributed by atoms with E-state index >= 15 is 0 Å². The highest BCUT2D eigenvalue weighted by molar-refractivity contribution is 7.19. The van der Waals surface area contributed by atoms with Gasteiger partial charge in [0.05, 0.1) is 5.69 Å². The topological polar surface area (TPSA) is 70.9 Å². The number of piperidine rings is 1. The van der Waals surface area contributed by atoms with Crippen molar-refractivity contribution in [1.29, 1.82) is 0 Å². The average Bonchev–Trinajstić information content (AvgIpc) is 3.37. The van der Waals surface area contributed by atoms with E-state index < -0.39 is 0 Å². The van der Waals surface area contributed by atoms with Gasteiger partial charge < -0.3 is 10.3 Å². The number of fused-ring (bicyclic) bond motifs is 2. The van der Waals surface area contributed by atoms with Gasteiger partial charge in [0.15, 0.2) is 5.65 Å². The van der Waals surface area contributed by atoms with Crippen molar-refractivity contribution < 1.29 is 0 Å². The predicted octanol–water partition coefficient (Wildman–Crippen LogP) is 4.54. The zero-order chi connectivity index (χ0) is 19.4. The van der Waals surface area contributed by atoms with Crippen LogP contribution in [0, 0.1) is 13.8 Å². The first-order chi connectivity index (χ1) is 13.5. The largest absolute Gasteiger partial charge is 0.346 e. The second-order valence-corrected chi connectivity index (χ2v) is 9.30. The summed E-state index contributed by atoms with van der Waals surface area (Å²) in [6.07, 6.45) is 4.51. The summed E-state index contributed by atoms with van der Waals surface area (Å²) in [4.78, 5) is 6.64. The molecule has 28 heavy (non-hydrogen) atoms. The third-order valence-electron chi connectivity index (χ3n) is 6.02. The molecule has 0 aliphatic carbocycles. The molecule has 146 valence electrons. The Bertz CT molecular complexity index is 1160. The number of hydrogen-bond acceptors (Lipinski definition) is 5. The zero-order valence-electron chi connectivity index (χ0n) is 16.8. The molecule has 4 aromatic heterocycles. The van der Waals surface area contributed by atoms with Crippen LogP contribution in [-0.4, -0.2) is 38.1 Å². The highest BCUT2D eigenvalue weighted by atomic mass is 32.1. The molecule has 7 heteroatoms. The number of nitrogens with zero attached hydrogens (tertiary/aromatic N) is 4. The van der Waals surface area contributed by atoms with E-state index in [0.717, 1.165) is 29.9 Å². The Balaban J connectivity index is 1.69. The van der Waals surface area contributed by atoms with Crippen LogP contribution in [0.2, 0.25) is 0 Å². The Morgan fingerprint density at radius 3 is 2.75 bits per heavy atom. The molecule has 0 atom stereocenters. The Labute approximate surface area is 168 Å². The molecule has 4 aromatic rings. The van der Waals surface area contributed by atoms with E-state index in [-0.39, 0.29) is 0 Å². The van der Waals surface area contributed by atoms with E-state index in [9.17, 15) is 0 Å². The van der Waals surface area contributed by atoms with Gasteiger partial charge in [-0.1, -0.05) is 13.8 Å². The summed E-state index contributed by atoms with van der Waals surface area (Å²) >= 11 is 1.96. The lowest BCUT2D eigenvalue weighted by Crippen LogP contribution is -2.26. The molecule has 0 unspecified atom stereocenters. The van der Waals surface area contributed by atoms with Crippen LogP contribution in [0.15, 0.2) is 12.3 Å². The number of pyridine rings is 1. The van der Waals surface area contributed by atoms with E-state index in [1.54, 1.807) is 9.39 Å². The van der Waals surface area contributed by atoms with E-state index in [2.05, 4.69) is 59.6 Å². The van der Waals surface area contributed by atoms with Crippen LogP contribution in [0.1, 0.15) is 60.1 Å². The lowest BCUT2D eigenvalue weighted by atomic mass is 9.91. The van der Waals surface area contributed by atoms with Crippen molar-refractivity contribution in [1.82, 2.24) is 30.3 Å². The van der Waals surface area contributed by atoms with Gasteiger partial charge in [-0.15, -0.1) is 16.4 Å². The smallest absolute Gasteiger partial charge is 0.182 e. The minimum Gasteiger partial charge on any atom is -0.346 e. The Kier molecular flexibility index (Phi) is 4.25. The maximum Gasteiger partial charge on any atom is 0.182 e. The van der Waals surface area contributed by atoms with E-state index in [1.807, 2.05) is 17.5 Å². The summed E-state index contributed by atoms with van der Waals surface area (Å²) < 4.78 is 1.77. The summed E-state index contributed by atoms with van der Waals surface area (Å²) in [6.45, 7) is 11.2. The van der Waals surface area contributed by atoms with Crippen LogP contribution < -0.4 is 5.32 Å². The standard InChI is InChI=1S/C21H26N6S/c1-11(2)16-17-13(4)19(14-5-7-22-8-6-14)28-21(17)23-18(16)15-9-12(3)20-24-25-26-27(20)10-15/h9-11,14,22-23H,5-8H2,1-4H3. The van der Waals surface area contributed by atoms with Crippen molar-refractivity contribution in [3.63, 3.8) is 0 Å². The molecule has 0 saturated carbocycles. The summed E-state index contributed by atoms with van der Waals surface area (Å²) in [5.41, 5.74) is 7.13. The lowest BCUT2D eigenvalue weighted by molar-refractivity contribution is 0.464. The molecule has 6 nitrogen and oxygen atoms in total. The number of tetrazole rings is 1.